The van der Waals surface area contributed by atoms with Crippen molar-refractivity contribution in [2.75, 3.05) is 0 Å². The van der Waals surface area contributed by atoms with Crippen molar-refractivity contribution in [3.63, 3.8) is 0 Å². The molecule has 0 amide bonds. The molecule has 0 fully saturated rings. The van der Waals surface area contributed by atoms with E-state index in [1.807, 2.05) is 0 Å². The van der Waals surface area contributed by atoms with E-state index in [9.17, 15) is 4.39 Å². The Morgan fingerprint density at radius 3 is 2.90 bits per heavy atom. The van der Waals surface area contributed by atoms with Crippen LogP contribution in [0.1, 0.15) is 18.9 Å². The lowest BCUT2D eigenvalue weighted by Gasteiger charge is -2.00. The molecule has 6 heteroatoms. The zero-order valence-electron chi connectivity index (χ0n) is 11.1. The van der Waals surface area contributed by atoms with Gasteiger partial charge in [-0.05, 0) is 24.1 Å². The van der Waals surface area contributed by atoms with Crippen molar-refractivity contribution >= 4 is 32.2 Å². The summed E-state index contributed by atoms with van der Waals surface area (Å²) < 4.78 is 16.4. The van der Waals surface area contributed by atoms with E-state index in [1.165, 1.54) is 6.07 Å². The molecule has 0 atom stereocenters. The van der Waals surface area contributed by atoms with Crippen LogP contribution in [0.2, 0.25) is 0 Å². The fourth-order valence-electron chi connectivity index (χ4n) is 2.00. The van der Waals surface area contributed by atoms with Gasteiger partial charge in [-0.25, -0.2) is 13.9 Å². The minimum atomic E-state index is -0.277. The van der Waals surface area contributed by atoms with Crippen molar-refractivity contribution in [1.82, 2.24) is 14.6 Å². The summed E-state index contributed by atoms with van der Waals surface area (Å²) in [4.78, 5) is 5.27. The molecule has 20 heavy (non-hydrogen) atoms. The quantitative estimate of drug-likeness (QED) is 0.690. The molecule has 1 aromatic carbocycles. The number of imidazole rings is 1. The van der Waals surface area contributed by atoms with Crippen LogP contribution in [0.15, 0.2) is 28.9 Å². The predicted molar refractivity (Wildman–Crippen MR) is 82.5 cm³/mol. The molecule has 0 spiro atoms. The average molecular weight is 354 g/mol. The summed E-state index contributed by atoms with van der Waals surface area (Å²) in [5, 5.41) is 5.55. The second-order valence-corrected chi connectivity index (χ2v) is 7.03. The van der Waals surface area contributed by atoms with Crippen molar-refractivity contribution in [3.05, 3.63) is 39.7 Å². The van der Waals surface area contributed by atoms with Gasteiger partial charge in [-0.3, -0.25) is 0 Å². The van der Waals surface area contributed by atoms with Crippen LogP contribution in [0.3, 0.4) is 0 Å². The minimum absolute atomic E-state index is 0.277. The first-order chi connectivity index (χ1) is 9.52. The molecule has 0 aliphatic rings. The Hall–Kier alpha value is -1.27. The van der Waals surface area contributed by atoms with Gasteiger partial charge < -0.3 is 0 Å². The summed E-state index contributed by atoms with van der Waals surface area (Å²) in [5.74, 6) is 0.286. The highest BCUT2D eigenvalue weighted by Gasteiger charge is 2.13. The van der Waals surface area contributed by atoms with Gasteiger partial charge in [0.25, 0.3) is 0 Å². The molecule has 3 nitrogen and oxygen atoms in total. The number of benzene rings is 1. The van der Waals surface area contributed by atoms with Crippen LogP contribution in [0, 0.1) is 11.7 Å². The van der Waals surface area contributed by atoms with E-state index in [-0.39, 0.29) is 5.82 Å². The van der Waals surface area contributed by atoms with Gasteiger partial charge >= 0.3 is 0 Å². The first kappa shape index (κ1) is 13.7. The standard InChI is InChI=1S/C14H13BrFN3S/c1-8(2)5-13-18-19-7-12(17-14(19)20-13)10-6-9(15)3-4-11(10)16/h3-4,6-8H,5H2,1-2H3. The lowest BCUT2D eigenvalue weighted by atomic mass is 10.1. The lowest BCUT2D eigenvalue weighted by Crippen LogP contribution is -1.94. The Kier molecular flexibility index (Phi) is 3.60. The van der Waals surface area contributed by atoms with E-state index in [2.05, 4.69) is 39.9 Å². The summed E-state index contributed by atoms with van der Waals surface area (Å²) in [6.45, 7) is 4.32. The Morgan fingerprint density at radius 1 is 1.40 bits per heavy atom. The predicted octanol–water partition coefficient (Wildman–Crippen LogP) is 4.56. The Morgan fingerprint density at radius 2 is 2.20 bits per heavy atom. The Labute approximate surface area is 128 Å². The van der Waals surface area contributed by atoms with E-state index in [4.69, 9.17) is 0 Å². The number of rotatable bonds is 3. The number of hydrogen-bond donors (Lipinski definition) is 0. The first-order valence-electron chi connectivity index (χ1n) is 6.33. The molecule has 0 aliphatic heterocycles. The number of nitrogens with zero attached hydrogens (tertiary/aromatic N) is 3. The van der Waals surface area contributed by atoms with Crippen molar-refractivity contribution < 1.29 is 4.39 Å². The molecule has 2 aromatic heterocycles. The molecule has 0 saturated heterocycles. The lowest BCUT2D eigenvalue weighted by molar-refractivity contribution is 0.630. The smallest absolute Gasteiger partial charge is 0.212 e. The van der Waals surface area contributed by atoms with Crippen LogP contribution in [0.25, 0.3) is 16.2 Å². The summed E-state index contributed by atoms with van der Waals surface area (Å²) >= 11 is 4.91. The summed E-state index contributed by atoms with van der Waals surface area (Å²) in [6, 6.07) is 4.84. The number of fused-ring (bicyclic) bond motifs is 1. The minimum Gasteiger partial charge on any atom is -0.217 e. The third-order valence-corrected chi connectivity index (χ3v) is 4.31. The van der Waals surface area contributed by atoms with Crippen LogP contribution in [0.4, 0.5) is 4.39 Å². The van der Waals surface area contributed by atoms with Gasteiger partial charge in [0.15, 0.2) is 0 Å². The van der Waals surface area contributed by atoms with Gasteiger partial charge in [-0.2, -0.15) is 5.10 Å². The fourth-order valence-corrected chi connectivity index (χ4v) is 3.44. The van der Waals surface area contributed by atoms with Gasteiger partial charge in [-0.15, -0.1) is 0 Å². The van der Waals surface area contributed by atoms with Crippen LogP contribution >= 0.6 is 27.3 Å². The largest absolute Gasteiger partial charge is 0.217 e. The van der Waals surface area contributed by atoms with Crippen molar-refractivity contribution in [2.45, 2.75) is 20.3 Å². The Balaban J connectivity index is 2.01. The number of aromatic nitrogens is 3. The molecule has 3 rings (SSSR count). The van der Waals surface area contributed by atoms with Gasteiger partial charge in [-0.1, -0.05) is 41.1 Å². The first-order valence-corrected chi connectivity index (χ1v) is 7.94. The van der Waals surface area contributed by atoms with Crippen LogP contribution < -0.4 is 0 Å². The SMILES string of the molecule is CC(C)Cc1nn2cc(-c3cc(Br)ccc3F)nc2s1. The van der Waals surface area contributed by atoms with E-state index in [1.54, 1.807) is 34.2 Å². The molecular weight excluding hydrogens is 341 g/mol. The number of halogens is 2. The fraction of sp³-hybridized carbons (Fsp3) is 0.286. The van der Waals surface area contributed by atoms with Gasteiger partial charge in [0.1, 0.15) is 10.8 Å². The third-order valence-electron chi connectivity index (χ3n) is 2.87. The Bertz CT molecular complexity index is 731. The second kappa shape index (κ2) is 5.26. The second-order valence-electron chi connectivity index (χ2n) is 5.07. The zero-order valence-corrected chi connectivity index (χ0v) is 13.5. The van der Waals surface area contributed by atoms with Crippen molar-refractivity contribution in [1.29, 1.82) is 0 Å². The van der Waals surface area contributed by atoms with Crippen molar-refractivity contribution in [3.8, 4) is 11.3 Å². The summed E-state index contributed by atoms with van der Waals surface area (Å²) in [5.41, 5.74) is 1.10. The third kappa shape index (κ3) is 2.62. The van der Waals surface area contributed by atoms with E-state index in [0.717, 1.165) is 20.9 Å². The van der Waals surface area contributed by atoms with Crippen molar-refractivity contribution in [2.24, 2.45) is 5.92 Å². The van der Waals surface area contributed by atoms with Gasteiger partial charge in [0, 0.05) is 16.5 Å². The molecule has 0 radical (unpaired) electrons. The van der Waals surface area contributed by atoms with Gasteiger partial charge in [0.2, 0.25) is 4.96 Å². The normalized spacial score (nSPS) is 11.7. The van der Waals surface area contributed by atoms with Gasteiger partial charge in [0.05, 0.1) is 11.9 Å². The van der Waals surface area contributed by atoms with E-state index >= 15 is 0 Å². The maximum atomic E-state index is 13.9. The monoisotopic (exact) mass is 353 g/mol. The van der Waals surface area contributed by atoms with Crippen LogP contribution in [-0.2, 0) is 6.42 Å². The number of hydrogen-bond acceptors (Lipinski definition) is 3. The summed E-state index contributed by atoms with van der Waals surface area (Å²) in [7, 11) is 0. The zero-order chi connectivity index (χ0) is 14.3. The molecule has 0 bridgehead atoms. The molecular formula is C14H13BrFN3S. The highest BCUT2D eigenvalue weighted by Crippen LogP contribution is 2.27. The molecule has 0 unspecified atom stereocenters. The molecule has 0 saturated carbocycles. The van der Waals surface area contributed by atoms with E-state index < -0.39 is 0 Å². The van der Waals surface area contributed by atoms with Crippen LogP contribution in [0.5, 0.6) is 0 Å². The molecule has 0 aliphatic carbocycles. The molecule has 3 aromatic rings. The summed E-state index contributed by atoms with van der Waals surface area (Å²) in [6.07, 6.45) is 2.72. The maximum absolute atomic E-state index is 13.9. The van der Waals surface area contributed by atoms with Crippen LogP contribution in [-0.4, -0.2) is 14.6 Å². The highest BCUT2D eigenvalue weighted by molar-refractivity contribution is 9.10. The molecule has 2 heterocycles. The van der Waals surface area contributed by atoms with E-state index in [0.29, 0.717) is 17.2 Å². The molecule has 104 valence electrons. The average Bonchev–Trinajstić information content (AvgIpc) is 2.89. The molecule has 0 N–H and O–H groups in total. The highest BCUT2D eigenvalue weighted by atomic mass is 79.9. The topological polar surface area (TPSA) is 30.2 Å². The maximum Gasteiger partial charge on any atom is 0.212 e.